The number of nitrogens with zero attached hydrogens (tertiary/aromatic N) is 3. The highest BCUT2D eigenvalue weighted by atomic mass is 16.3. The SMILES string of the molecule is O=C(c1ccc2nc(-c3ccco3)c(-c3ccco3)nc2c1)N1CCCC1. The van der Waals surface area contributed by atoms with E-state index in [4.69, 9.17) is 18.8 Å². The van der Waals surface area contributed by atoms with Crippen LogP contribution in [0.25, 0.3) is 33.9 Å². The Morgan fingerprint density at radius 1 is 0.852 bits per heavy atom. The summed E-state index contributed by atoms with van der Waals surface area (Å²) in [5.74, 6) is 1.27. The van der Waals surface area contributed by atoms with Gasteiger partial charge >= 0.3 is 0 Å². The predicted octanol–water partition coefficient (Wildman–Crippen LogP) is 4.39. The summed E-state index contributed by atoms with van der Waals surface area (Å²) >= 11 is 0. The van der Waals surface area contributed by atoms with Crippen LogP contribution in [0.15, 0.2) is 63.8 Å². The van der Waals surface area contributed by atoms with Crippen molar-refractivity contribution in [3.05, 3.63) is 60.6 Å². The quantitative estimate of drug-likeness (QED) is 0.542. The third-order valence-electron chi connectivity index (χ3n) is 4.81. The van der Waals surface area contributed by atoms with E-state index in [9.17, 15) is 4.79 Å². The zero-order valence-electron chi connectivity index (χ0n) is 14.6. The van der Waals surface area contributed by atoms with Crippen molar-refractivity contribution in [1.29, 1.82) is 0 Å². The van der Waals surface area contributed by atoms with E-state index in [1.54, 1.807) is 24.7 Å². The first-order chi connectivity index (χ1) is 13.3. The fraction of sp³-hybridized carbons (Fsp3) is 0.190. The molecule has 0 spiro atoms. The Kier molecular flexibility index (Phi) is 3.74. The van der Waals surface area contributed by atoms with Crippen molar-refractivity contribution < 1.29 is 13.6 Å². The van der Waals surface area contributed by atoms with Crippen LogP contribution in [-0.4, -0.2) is 33.9 Å². The molecule has 4 aromatic rings. The molecule has 0 saturated carbocycles. The maximum absolute atomic E-state index is 12.7. The molecule has 6 nitrogen and oxygen atoms in total. The number of fused-ring (bicyclic) bond motifs is 1. The Morgan fingerprint density at radius 2 is 1.48 bits per heavy atom. The molecule has 6 heteroatoms. The second-order valence-electron chi connectivity index (χ2n) is 6.58. The van der Waals surface area contributed by atoms with Gasteiger partial charge in [0.05, 0.1) is 23.6 Å². The molecule has 1 amide bonds. The lowest BCUT2D eigenvalue weighted by molar-refractivity contribution is 0.0793. The number of hydrogen-bond acceptors (Lipinski definition) is 5. The van der Waals surface area contributed by atoms with Crippen LogP contribution in [0, 0.1) is 0 Å². The largest absolute Gasteiger partial charge is 0.463 e. The number of carbonyl (C=O) groups excluding carboxylic acids is 1. The number of carbonyl (C=O) groups is 1. The standard InChI is InChI=1S/C21H17N3O3/c25-21(24-9-1-2-10-24)14-7-8-15-16(13-14)23-20(18-6-4-12-27-18)19(22-15)17-5-3-11-26-17/h3-8,11-13H,1-2,9-10H2. The van der Waals surface area contributed by atoms with Crippen LogP contribution in [-0.2, 0) is 0 Å². The zero-order valence-corrected chi connectivity index (χ0v) is 14.6. The van der Waals surface area contributed by atoms with Gasteiger partial charge in [0, 0.05) is 18.7 Å². The van der Waals surface area contributed by atoms with Gasteiger partial charge in [0.2, 0.25) is 0 Å². The van der Waals surface area contributed by atoms with Gasteiger partial charge in [-0.2, -0.15) is 0 Å². The van der Waals surface area contributed by atoms with E-state index in [-0.39, 0.29) is 5.91 Å². The highest BCUT2D eigenvalue weighted by molar-refractivity contribution is 5.98. The Balaban J connectivity index is 1.65. The van der Waals surface area contributed by atoms with Gasteiger partial charge < -0.3 is 13.7 Å². The topological polar surface area (TPSA) is 72.4 Å². The van der Waals surface area contributed by atoms with Gasteiger partial charge in [0.25, 0.3) is 5.91 Å². The van der Waals surface area contributed by atoms with Gasteiger partial charge in [0.15, 0.2) is 11.5 Å². The van der Waals surface area contributed by atoms with Crippen LogP contribution in [0.5, 0.6) is 0 Å². The van der Waals surface area contributed by atoms with Crippen molar-refractivity contribution in [1.82, 2.24) is 14.9 Å². The normalized spacial score (nSPS) is 14.1. The monoisotopic (exact) mass is 359 g/mol. The van der Waals surface area contributed by atoms with Crippen molar-refractivity contribution >= 4 is 16.9 Å². The van der Waals surface area contributed by atoms with Gasteiger partial charge in [-0.25, -0.2) is 9.97 Å². The molecule has 0 aliphatic carbocycles. The first-order valence-corrected chi connectivity index (χ1v) is 8.98. The van der Waals surface area contributed by atoms with Gasteiger partial charge in [0.1, 0.15) is 11.4 Å². The second kappa shape index (κ2) is 6.39. The first-order valence-electron chi connectivity index (χ1n) is 8.98. The smallest absolute Gasteiger partial charge is 0.253 e. The Morgan fingerprint density at radius 3 is 2.07 bits per heavy atom. The first kappa shape index (κ1) is 15.8. The van der Waals surface area contributed by atoms with Crippen LogP contribution in [0.2, 0.25) is 0 Å². The molecule has 0 atom stereocenters. The average Bonchev–Trinajstić information content (AvgIpc) is 3.48. The summed E-state index contributed by atoms with van der Waals surface area (Å²) in [6, 6.07) is 12.8. The molecule has 0 radical (unpaired) electrons. The zero-order chi connectivity index (χ0) is 18.2. The Hall–Kier alpha value is -3.41. The summed E-state index contributed by atoms with van der Waals surface area (Å²) in [5.41, 5.74) is 3.19. The maximum atomic E-state index is 12.7. The molecule has 1 aliphatic heterocycles. The van der Waals surface area contributed by atoms with E-state index < -0.39 is 0 Å². The third-order valence-corrected chi connectivity index (χ3v) is 4.81. The lowest BCUT2D eigenvalue weighted by atomic mass is 10.1. The van der Waals surface area contributed by atoms with Gasteiger partial charge in [-0.15, -0.1) is 0 Å². The molecule has 1 aromatic carbocycles. The minimum Gasteiger partial charge on any atom is -0.463 e. The molecule has 0 unspecified atom stereocenters. The minimum atomic E-state index is 0.0471. The summed E-state index contributed by atoms with van der Waals surface area (Å²) in [7, 11) is 0. The number of furan rings is 2. The summed E-state index contributed by atoms with van der Waals surface area (Å²) in [6.45, 7) is 1.63. The fourth-order valence-electron chi connectivity index (χ4n) is 3.46. The molecule has 5 rings (SSSR count). The van der Waals surface area contributed by atoms with Crippen LogP contribution < -0.4 is 0 Å². The molecule has 1 fully saturated rings. The van der Waals surface area contributed by atoms with Crippen molar-refractivity contribution in [2.45, 2.75) is 12.8 Å². The molecule has 0 bridgehead atoms. The number of likely N-dealkylation sites (tertiary alicyclic amines) is 1. The van der Waals surface area contributed by atoms with Gasteiger partial charge in [-0.3, -0.25) is 4.79 Å². The number of amides is 1. The van der Waals surface area contributed by atoms with Crippen LogP contribution in [0.3, 0.4) is 0 Å². The summed E-state index contributed by atoms with van der Waals surface area (Å²) < 4.78 is 11.1. The summed E-state index contributed by atoms with van der Waals surface area (Å²) in [4.78, 5) is 24.1. The van der Waals surface area contributed by atoms with Crippen molar-refractivity contribution in [2.24, 2.45) is 0 Å². The third kappa shape index (κ3) is 2.79. The molecule has 4 heterocycles. The van der Waals surface area contributed by atoms with Gasteiger partial charge in [-0.05, 0) is 55.3 Å². The predicted molar refractivity (Wildman–Crippen MR) is 100 cm³/mol. The minimum absolute atomic E-state index is 0.0471. The Labute approximate surface area is 155 Å². The average molecular weight is 359 g/mol. The number of aromatic nitrogens is 2. The molecule has 134 valence electrons. The van der Waals surface area contributed by atoms with E-state index in [1.165, 1.54) is 0 Å². The maximum Gasteiger partial charge on any atom is 0.253 e. The molecular formula is C21H17N3O3. The highest BCUT2D eigenvalue weighted by Gasteiger charge is 2.21. The van der Waals surface area contributed by atoms with E-state index in [1.807, 2.05) is 35.2 Å². The van der Waals surface area contributed by atoms with Crippen molar-refractivity contribution in [3.63, 3.8) is 0 Å². The second-order valence-corrected chi connectivity index (χ2v) is 6.58. The molecule has 1 aliphatic rings. The lowest BCUT2D eigenvalue weighted by Crippen LogP contribution is -2.27. The van der Waals surface area contributed by atoms with Crippen molar-refractivity contribution in [2.75, 3.05) is 13.1 Å². The summed E-state index contributed by atoms with van der Waals surface area (Å²) in [6.07, 6.45) is 5.33. The molecule has 0 N–H and O–H groups in total. The molecule has 3 aromatic heterocycles. The van der Waals surface area contributed by atoms with Crippen molar-refractivity contribution in [3.8, 4) is 22.9 Å². The van der Waals surface area contributed by atoms with Gasteiger partial charge in [-0.1, -0.05) is 0 Å². The molecule has 1 saturated heterocycles. The fourth-order valence-corrected chi connectivity index (χ4v) is 3.46. The van der Waals surface area contributed by atoms with Crippen LogP contribution in [0.4, 0.5) is 0 Å². The highest BCUT2D eigenvalue weighted by Crippen LogP contribution is 2.31. The molecular weight excluding hydrogens is 342 g/mol. The van der Waals surface area contributed by atoms with E-state index >= 15 is 0 Å². The number of benzene rings is 1. The van der Waals surface area contributed by atoms with Crippen LogP contribution >= 0.6 is 0 Å². The van der Waals surface area contributed by atoms with Crippen LogP contribution in [0.1, 0.15) is 23.2 Å². The number of hydrogen-bond donors (Lipinski definition) is 0. The lowest BCUT2D eigenvalue weighted by Gasteiger charge is -2.15. The Bertz CT molecular complexity index is 1100. The summed E-state index contributed by atoms with van der Waals surface area (Å²) in [5, 5.41) is 0. The van der Waals surface area contributed by atoms with E-state index in [0.29, 0.717) is 39.5 Å². The number of rotatable bonds is 3. The van der Waals surface area contributed by atoms with E-state index in [0.717, 1.165) is 25.9 Å². The van der Waals surface area contributed by atoms with E-state index in [2.05, 4.69) is 0 Å². The molecule has 27 heavy (non-hydrogen) atoms.